The van der Waals surface area contributed by atoms with Gasteiger partial charge in [0.2, 0.25) is 0 Å². The Morgan fingerprint density at radius 1 is 1.00 bits per heavy atom. The first-order chi connectivity index (χ1) is 8.39. The molecule has 2 N–H and O–H groups in total. The van der Waals surface area contributed by atoms with Crippen LogP contribution in [0.5, 0.6) is 0 Å². The lowest BCUT2D eigenvalue weighted by atomic mass is 9.67. The molecule has 0 radical (unpaired) electrons. The fourth-order valence-electron chi connectivity index (χ4n) is 3.58. The Morgan fingerprint density at radius 2 is 1.50 bits per heavy atom. The number of benzene rings is 1. The van der Waals surface area contributed by atoms with E-state index in [1.54, 1.807) is 0 Å². The van der Waals surface area contributed by atoms with Crippen LogP contribution < -0.4 is 5.73 Å². The topological polar surface area (TPSA) is 26.0 Å². The summed E-state index contributed by atoms with van der Waals surface area (Å²) in [5.74, 6) is 2.23. The molecule has 18 heavy (non-hydrogen) atoms. The molecule has 0 saturated heterocycles. The third kappa shape index (κ3) is 2.77. The molecule has 1 heteroatoms. The molecule has 2 rings (SSSR count). The lowest BCUT2D eigenvalue weighted by molar-refractivity contribution is 0.145. The van der Waals surface area contributed by atoms with Crippen molar-refractivity contribution in [2.45, 2.75) is 52.5 Å². The van der Waals surface area contributed by atoms with Gasteiger partial charge in [0.25, 0.3) is 0 Å². The van der Waals surface area contributed by atoms with Gasteiger partial charge in [0.15, 0.2) is 0 Å². The maximum atomic E-state index is 6.69. The van der Waals surface area contributed by atoms with Crippen molar-refractivity contribution < 1.29 is 0 Å². The quantitative estimate of drug-likeness (QED) is 0.828. The Kier molecular flexibility index (Phi) is 3.82. The molecule has 1 fully saturated rings. The SMILES string of the molecule is Cc1ccc(C(C)(N)C2CC(C)CC(C)C2)cc1. The number of hydrogen-bond acceptors (Lipinski definition) is 1. The van der Waals surface area contributed by atoms with E-state index in [9.17, 15) is 0 Å². The van der Waals surface area contributed by atoms with Crippen LogP contribution in [0.4, 0.5) is 0 Å². The van der Waals surface area contributed by atoms with Gasteiger partial charge in [0, 0.05) is 5.54 Å². The van der Waals surface area contributed by atoms with E-state index in [0.29, 0.717) is 5.92 Å². The van der Waals surface area contributed by atoms with Crippen LogP contribution in [0.1, 0.15) is 51.2 Å². The van der Waals surface area contributed by atoms with Crippen LogP contribution in [0.15, 0.2) is 24.3 Å². The van der Waals surface area contributed by atoms with Crippen molar-refractivity contribution in [3.63, 3.8) is 0 Å². The highest BCUT2D eigenvalue weighted by atomic mass is 14.8. The molecule has 1 aromatic carbocycles. The van der Waals surface area contributed by atoms with Crippen LogP contribution in [-0.4, -0.2) is 0 Å². The number of aryl methyl sites for hydroxylation is 1. The maximum absolute atomic E-state index is 6.69. The second kappa shape index (κ2) is 5.05. The van der Waals surface area contributed by atoms with Gasteiger partial charge < -0.3 is 5.73 Å². The fourth-order valence-corrected chi connectivity index (χ4v) is 3.58. The summed E-state index contributed by atoms with van der Waals surface area (Å²) < 4.78 is 0. The number of hydrogen-bond donors (Lipinski definition) is 1. The second-order valence-corrected chi connectivity index (χ2v) is 6.76. The molecule has 100 valence electrons. The molecule has 0 bridgehead atoms. The van der Waals surface area contributed by atoms with E-state index in [-0.39, 0.29) is 5.54 Å². The Hall–Kier alpha value is -0.820. The van der Waals surface area contributed by atoms with Gasteiger partial charge in [-0.15, -0.1) is 0 Å². The van der Waals surface area contributed by atoms with Crippen molar-refractivity contribution in [1.82, 2.24) is 0 Å². The van der Waals surface area contributed by atoms with Gasteiger partial charge in [-0.2, -0.15) is 0 Å². The van der Waals surface area contributed by atoms with Crippen LogP contribution in [-0.2, 0) is 5.54 Å². The molecule has 0 amide bonds. The van der Waals surface area contributed by atoms with Gasteiger partial charge >= 0.3 is 0 Å². The smallest absolute Gasteiger partial charge is 0.0409 e. The lowest BCUT2D eigenvalue weighted by Gasteiger charge is -2.41. The van der Waals surface area contributed by atoms with Crippen LogP contribution in [0, 0.1) is 24.7 Å². The van der Waals surface area contributed by atoms with Gasteiger partial charge in [-0.05, 0) is 56.4 Å². The van der Waals surface area contributed by atoms with E-state index in [0.717, 1.165) is 11.8 Å². The Labute approximate surface area is 112 Å². The van der Waals surface area contributed by atoms with Crippen LogP contribution in [0.2, 0.25) is 0 Å². The average Bonchev–Trinajstić information content (AvgIpc) is 2.28. The van der Waals surface area contributed by atoms with Gasteiger partial charge in [0.1, 0.15) is 0 Å². The summed E-state index contributed by atoms with van der Waals surface area (Å²) in [5.41, 5.74) is 9.10. The first kappa shape index (κ1) is 13.6. The molecule has 0 aliphatic heterocycles. The van der Waals surface area contributed by atoms with Crippen molar-refractivity contribution in [3.8, 4) is 0 Å². The van der Waals surface area contributed by atoms with Crippen molar-refractivity contribution >= 4 is 0 Å². The first-order valence-electron chi connectivity index (χ1n) is 7.25. The van der Waals surface area contributed by atoms with Crippen LogP contribution >= 0.6 is 0 Å². The van der Waals surface area contributed by atoms with E-state index in [1.165, 1.54) is 30.4 Å². The minimum atomic E-state index is -0.184. The summed E-state index contributed by atoms with van der Waals surface area (Å²) in [6.07, 6.45) is 3.90. The Bertz CT molecular complexity index is 381. The van der Waals surface area contributed by atoms with Crippen molar-refractivity contribution in [2.75, 3.05) is 0 Å². The first-order valence-corrected chi connectivity index (χ1v) is 7.25. The Morgan fingerprint density at radius 3 is 2.00 bits per heavy atom. The standard InChI is InChI=1S/C17H27N/c1-12-5-7-15(8-6-12)17(4,18)16-10-13(2)9-14(3)11-16/h5-8,13-14,16H,9-11,18H2,1-4H3. The third-order valence-electron chi connectivity index (χ3n) is 4.70. The van der Waals surface area contributed by atoms with Crippen molar-refractivity contribution in [3.05, 3.63) is 35.4 Å². The van der Waals surface area contributed by atoms with Gasteiger partial charge in [-0.1, -0.05) is 43.7 Å². The summed E-state index contributed by atoms with van der Waals surface area (Å²) >= 11 is 0. The molecule has 1 aliphatic carbocycles. The van der Waals surface area contributed by atoms with Gasteiger partial charge in [-0.3, -0.25) is 0 Å². The molecule has 3 unspecified atom stereocenters. The maximum Gasteiger partial charge on any atom is 0.0409 e. The average molecular weight is 245 g/mol. The summed E-state index contributed by atoms with van der Waals surface area (Å²) in [6, 6.07) is 8.77. The van der Waals surface area contributed by atoms with Gasteiger partial charge in [0.05, 0.1) is 0 Å². The molecule has 1 saturated carbocycles. The predicted molar refractivity (Wildman–Crippen MR) is 78.4 cm³/mol. The molecule has 3 atom stereocenters. The molecule has 1 nitrogen and oxygen atoms in total. The monoisotopic (exact) mass is 245 g/mol. The highest BCUT2D eigenvalue weighted by Crippen LogP contribution is 2.41. The molecule has 0 aromatic heterocycles. The zero-order valence-electron chi connectivity index (χ0n) is 12.2. The second-order valence-electron chi connectivity index (χ2n) is 6.76. The van der Waals surface area contributed by atoms with Crippen molar-refractivity contribution in [1.29, 1.82) is 0 Å². The normalized spacial score (nSPS) is 31.9. The van der Waals surface area contributed by atoms with E-state index in [2.05, 4.69) is 52.0 Å². The molecule has 0 heterocycles. The highest BCUT2D eigenvalue weighted by Gasteiger charge is 2.36. The summed E-state index contributed by atoms with van der Waals surface area (Å²) in [4.78, 5) is 0. The van der Waals surface area contributed by atoms with E-state index >= 15 is 0 Å². The lowest BCUT2D eigenvalue weighted by Crippen LogP contribution is -2.44. The Balaban J connectivity index is 2.21. The highest BCUT2D eigenvalue weighted by molar-refractivity contribution is 5.28. The van der Waals surface area contributed by atoms with Crippen molar-refractivity contribution in [2.24, 2.45) is 23.5 Å². The fraction of sp³-hybridized carbons (Fsp3) is 0.647. The van der Waals surface area contributed by atoms with E-state index in [4.69, 9.17) is 5.73 Å². The zero-order chi connectivity index (χ0) is 13.3. The molecule has 0 spiro atoms. The predicted octanol–water partition coefficient (Wildman–Crippen LogP) is 4.24. The summed E-state index contributed by atoms with van der Waals surface area (Å²) in [5, 5.41) is 0. The molecular formula is C17H27N. The van der Waals surface area contributed by atoms with E-state index in [1.807, 2.05) is 0 Å². The van der Waals surface area contributed by atoms with Gasteiger partial charge in [-0.25, -0.2) is 0 Å². The van der Waals surface area contributed by atoms with Crippen LogP contribution in [0.3, 0.4) is 0 Å². The minimum Gasteiger partial charge on any atom is -0.321 e. The molecule has 1 aromatic rings. The zero-order valence-corrected chi connectivity index (χ0v) is 12.2. The number of nitrogens with two attached hydrogens (primary N) is 1. The molecular weight excluding hydrogens is 218 g/mol. The summed E-state index contributed by atoms with van der Waals surface area (Å²) in [6.45, 7) is 9.08. The third-order valence-corrected chi connectivity index (χ3v) is 4.70. The molecule has 1 aliphatic rings. The van der Waals surface area contributed by atoms with Crippen LogP contribution in [0.25, 0.3) is 0 Å². The summed E-state index contributed by atoms with van der Waals surface area (Å²) in [7, 11) is 0. The minimum absolute atomic E-state index is 0.184. The largest absolute Gasteiger partial charge is 0.321 e. The van der Waals surface area contributed by atoms with E-state index < -0.39 is 0 Å². The number of rotatable bonds is 2.